The molecule has 1 aliphatic heterocycles. The second kappa shape index (κ2) is 6.44. The van der Waals surface area contributed by atoms with Gasteiger partial charge in [-0.05, 0) is 24.3 Å². The van der Waals surface area contributed by atoms with Crippen LogP contribution in [0.25, 0.3) is 0 Å². The number of para-hydroxylation sites is 1. The number of benzene rings is 1. The van der Waals surface area contributed by atoms with Crippen LogP contribution in [0.2, 0.25) is 0 Å². The Hall–Kier alpha value is -1.61. The van der Waals surface area contributed by atoms with Crippen molar-refractivity contribution in [2.75, 3.05) is 12.4 Å². The zero-order chi connectivity index (χ0) is 15.5. The van der Waals surface area contributed by atoms with Crippen LogP contribution in [0.5, 0.6) is 0 Å². The quantitative estimate of drug-likeness (QED) is 0.417. The van der Waals surface area contributed by atoms with Crippen molar-refractivity contribution in [1.82, 2.24) is 0 Å². The maximum atomic E-state index is 9.22. The predicted molar refractivity (Wildman–Crippen MR) is 78.2 cm³/mol. The van der Waals surface area contributed by atoms with E-state index < -0.39 is 10.4 Å². The van der Waals surface area contributed by atoms with Gasteiger partial charge in [0.05, 0.1) is 25.2 Å². The summed E-state index contributed by atoms with van der Waals surface area (Å²) in [6.07, 6.45) is 2.06. The molecule has 0 spiro atoms. The van der Waals surface area contributed by atoms with Crippen molar-refractivity contribution in [1.29, 1.82) is 0 Å². The fourth-order valence-corrected chi connectivity index (χ4v) is 2.77. The highest BCUT2D eigenvalue weighted by atomic mass is 32.3. The van der Waals surface area contributed by atoms with Crippen molar-refractivity contribution in [3.05, 3.63) is 42.6 Å². The normalized spacial score (nSPS) is 12.3. The Bertz CT molecular complexity index is 748. The molecule has 2 aromatic rings. The van der Waals surface area contributed by atoms with Crippen LogP contribution in [0.3, 0.4) is 0 Å². The van der Waals surface area contributed by atoms with E-state index in [1.165, 1.54) is 21.3 Å². The Labute approximate surface area is 127 Å². The molecule has 0 saturated heterocycles. The Morgan fingerprint density at radius 3 is 2.48 bits per heavy atom. The summed E-state index contributed by atoms with van der Waals surface area (Å²) in [5, 5.41) is 3.45. The lowest BCUT2D eigenvalue weighted by atomic mass is 10.3. The summed E-state index contributed by atoms with van der Waals surface area (Å²) in [6.45, 7) is 0. The SMILES string of the molecule is COS(=O)(=O)[O-].C[n+]1cccc2c1Nc1ccccc1S2. The van der Waals surface area contributed by atoms with Crippen LogP contribution < -0.4 is 9.88 Å². The van der Waals surface area contributed by atoms with Crippen molar-refractivity contribution < 1.29 is 21.7 Å². The Balaban J connectivity index is 0.000000232. The van der Waals surface area contributed by atoms with E-state index in [1.54, 1.807) is 0 Å². The second-order valence-corrected chi connectivity index (χ2v) is 6.36. The van der Waals surface area contributed by atoms with Crippen LogP contribution >= 0.6 is 11.8 Å². The molecular weight excluding hydrogens is 312 g/mol. The smallest absolute Gasteiger partial charge is 0.293 e. The summed E-state index contributed by atoms with van der Waals surface area (Å²) in [5.74, 6) is 1.17. The molecule has 0 aliphatic carbocycles. The molecule has 0 amide bonds. The van der Waals surface area contributed by atoms with E-state index in [4.69, 9.17) is 0 Å². The molecule has 0 radical (unpaired) electrons. The minimum Gasteiger partial charge on any atom is -0.726 e. The Kier molecular flexibility index (Phi) is 4.84. The Morgan fingerprint density at radius 1 is 1.19 bits per heavy atom. The van der Waals surface area contributed by atoms with Crippen LogP contribution in [0.4, 0.5) is 11.5 Å². The third-order valence-electron chi connectivity index (χ3n) is 2.71. The zero-order valence-electron chi connectivity index (χ0n) is 11.4. The molecule has 1 N–H and O–H groups in total. The first kappa shape index (κ1) is 15.8. The Morgan fingerprint density at radius 2 is 1.81 bits per heavy atom. The van der Waals surface area contributed by atoms with Crippen LogP contribution in [0.1, 0.15) is 0 Å². The summed E-state index contributed by atoms with van der Waals surface area (Å²) in [7, 11) is -1.55. The van der Waals surface area contributed by atoms with Crippen LogP contribution in [0, 0.1) is 0 Å². The molecule has 112 valence electrons. The van der Waals surface area contributed by atoms with Gasteiger partial charge in [-0.1, -0.05) is 23.9 Å². The van der Waals surface area contributed by atoms with Crippen molar-refractivity contribution in [3.8, 4) is 0 Å². The van der Waals surface area contributed by atoms with Crippen molar-refractivity contribution in [3.63, 3.8) is 0 Å². The third kappa shape index (κ3) is 4.18. The topological polar surface area (TPSA) is 82.3 Å². The van der Waals surface area contributed by atoms with E-state index in [0.29, 0.717) is 0 Å². The molecule has 0 unspecified atom stereocenters. The lowest BCUT2D eigenvalue weighted by Gasteiger charge is -2.15. The molecule has 2 heterocycles. The minimum atomic E-state index is -4.41. The third-order valence-corrected chi connectivity index (χ3v) is 4.24. The van der Waals surface area contributed by atoms with Gasteiger partial charge in [0, 0.05) is 0 Å². The molecule has 1 aromatic carbocycles. The highest BCUT2D eigenvalue weighted by molar-refractivity contribution is 7.99. The summed E-state index contributed by atoms with van der Waals surface area (Å²) in [5.41, 5.74) is 1.19. The minimum absolute atomic E-state index is 0.808. The second-order valence-electron chi connectivity index (χ2n) is 4.13. The summed E-state index contributed by atoms with van der Waals surface area (Å²) >= 11 is 1.81. The van der Waals surface area contributed by atoms with Gasteiger partial charge in [0.15, 0.2) is 0 Å². The number of anilines is 2. The molecule has 1 aromatic heterocycles. The van der Waals surface area contributed by atoms with E-state index >= 15 is 0 Å². The molecule has 0 fully saturated rings. The summed E-state index contributed by atoms with van der Waals surface area (Å²) in [4.78, 5) is 2.56. The van der Waals surface area contributed by atoms with Gasteiger partial charge in [-0.3, -0.25) is 4.18 Å². The maximum absolute atomic E-state index is 9.22. The number of hydrogen-bond acceptors (Lipinski definition) is 6. The monoisotopic (exact) mass is 326 g/mol. The highest BCUT2D eigenvalue weighted by Gasteiger charge is 2.22. The number of aryl methyl sites for hydroxylation is 1. The molecule has 1 aliphatic rings. The van der Waals surface area contributed by atoms with Crippen molar-refractivity contribution in [2.24, 2.45) is 7.05 Å². The number of nitrogens with one attached hydrogen (secondary N) is 1. The fraction of sp³-hybridized carbons (Fsp3) is 0.154. The summed E-state index contributed by atoms with van der Waals surface area (Å²) < 4.78 is 33.1. The molecule has 6 nitrogen and oxygen atoms in total. The van der Waals surface area contributed by atoms with Crippen molar-refractivity contribution >= 4 is 33.7 Å². The number of hydrogen-bond donors (Lipinski definition) is 1. The van der Waals surface area contributed by atoms with E-state index in [0.717, 1.165) is 7.11 Å². The lowest BCUT2D eigenvalue weighted by molar-refractivity contribution is -0.658. The largest absolute Gasteiger partial charge is 0.726 e. The summed E-state index contributed by atoms with van der Waals surface area (Å²) in [6, 6.07) is 12.6. The highest BCUT2D eigenvalue weighted by Crippen LogP contribution is 2.41. The first-order chi connectivity index (χ1) is 9.90. The maximum Gasteiger partial charge on any atom is 0.293 e. The van der Waals surface area contributed by atoms with Crippen LogP contribution in [0.15, 0.2) is 52.4 Å². The van der Waals surface area contributed by atoms with Gasteiger partial charge in [-0.25, -0.2) is 18.3 Å². The van der Waals surface area contributed by atoms with E-state index in [2.05, 4.69) is 63.7 Å². The molecule has 21 heavy (non-hydrogen) atoms. The van der Waals surface area contributed by atoms with E-state index in [-0.39, 0.29) is 0 Å². The standard InChI is InChI=1S/C12H10N2S.CH4O4S/c1-14-8-4-7-11-12(14)13-9-5-2-3-6-10(9)15-11;1-5-6(2,3)4/h2-8H,1H3;1H3,(H,2,3,4). The molecule has 3 rings (SSSR count). The number of rotatable bonds is 1. The van der Waals surface area contributed by atoms with Gasteiger partial charge in [0.25, 0.3) is 5.82 Å². The number of aromatic nitrogens is 1. The first-order valence-corrected chi connectivity index (χ1v) is 8.09. The van der Waals surface area contributed by atoms with Gasteiger partial charge in [0.2, 0.25) is 10.4 Å². The molecule has 0 atom stereocenters. The average molecular weight is 326 g/mol. The van der Waals surface area contributed by atoms with Gasteiger partial charge >= 0.3 is 0 Å². The molecule has 8 heteroatoms. The number of pyridine rings is 1. The van der Waals surface area contributed by atoms with E-state index in [1.807, 2.05) is 11.8 Å². The first-order valence-electron chi connectivity index (χ1n) is 5.94. The van der Waals surface area contributed by atoms with Gasteiger partial charge in [-0.2, -0.15) is 0 Å². The fourth-order valence-electron chi connectivity index (χ4n) is 1.72. The van der Waals surface area contributed by atoms with Gasteiger partial charge in [0.1, 0.15) is 10.6 Å². The van der Waals surface area contributed by atoms with E-state index in [9.17, 15) is 13.0 Å². The molecule has 0 saturated carbocycles. The molecular formula is C13H14N2O4S2. The van der Waals surface area contributed by atoms with Gasteiger partial charge < -0.3 is 4.55 Å². The van der Waals surface area contributed by atoms with Crippen molar-refractivity contribution in [2.45, 2.75) is 9.79 Å². The van der Waals surface area contributed by atoms with Crippen LogP contribution in [-0.4, -0.2) is 20.1 Å². The number of fused-ring (bicyclic) bond motifs is 2. The predicted octanol–water partition coefficient (Wildman–Crippen LogP) is 1.81. The van der Waals surface area contributed by atoms with Gasteiger partial charge in [-0.15, -0.1) is 0 Å². The van der Waals surface area contributed by atoms with Crippen LogP contribution in [-0.2, 0) is 21.6 Å². The zero-order valence-corrected chi connectivity index (χ0v) is 13.1. The lowest BCUT2D eigenvalue weighted by Crippen LogP contribution is -2.32. The number of nitrogens with zero attached hydrogens (tertiary/aromatic N) is 1. The average Bonchev–Trinajstić information content (AvgIpc) is 2.46. The molecule has 0 bridgehead atoms.